The fourth-order valence-corrected chi connectivity index (χ4v) is 1.87. The molecule has 1 aromatic rings. The Morgan fingerprint density at radius 2 is 1.81 bits per heavy atom. The Hall–Kier alpha value is -1.54. The summed E-state index contributed by atoms with van der Waals surface area (Å²) < 4.78 is 38.5. The average molecular weight is 306 g/mol. The normalized spacial score (nSPS) is 13.9. The number of nitrogen functional groups attached to an aromatic ring is 1. The van der Waals surface area contributed by atoms with Crippen LogP contribution in [0.1, 0.15) is 32.8 Å². The van der Waals surface area contributed by atoms with Crippen LogP contribution in [-0.2, 0) is 6.18 Å². The number of rotatable bonds is 5. The molecule has 5 N–H and O–H groups in total. The van der Waals surface area contributed by atoms with E-state index in [0.29, 0.717) is 6.42 Å². The van der Waals surface area contributed by atoms with Gasteiger partial charge in [0, 0.05) is 12.6 Å². The molecule has 21 heavy (non-hydrogen) atoms. The van der Waals surface area contributed by atoms with Crippen LogP contribution in [0.4, 0.5) is 24.8 Å². The van der Waals surface area contributed by atoms with Gasteiger partial charge in [-0.15, -0.1) is 0 Å². The lowest BCUT2D eigenvalue weighted by molar-refractivity contribution is -0.137. The minimum Gasteiger partial charge on any atom is -0.396 e. The van der Waals surface area contributed by atoms with Gasteiger partial charge in [0.2, 0.25) is 0 Å². The molecule has 1 atom stereocenters. The molecular formula is C13H21F3N4O. The van der Waals surface area contributed by atoms with Gasteiger partial charge in [-0.05, 0) is 24.0 Å². The van der Waals surface area contributed by atoms with Gasteiger partial charge in [-0.3, -0.25) is 0 Å². The van der Waals surface area contributed by atoms with E-state index in [-0.39, 0.29) is 29.7 Å². The Morgan fingerprint density at radius 3 is 2.24 bits per heavy atom. The first kappa shape index (κ1) is 17.5. The number of pyridine rings is 1. The second-order valence-electron chi connectivity index (χ2n) is 5.84. The predicted molar refractivity (Wildman–Crippen MR) is 75.6 cm³/mol. The minimum absolute atomic E-state index is 0.0613. The molecule has 8 heteroatoms. The Kier molecular flexibility index (Phi) is 5.41. The van der Waals surface area contributed by atoms with Gasteiger partial charge in [0.25, 0.3) is 0 Å². The van der Waals surface area contributed by atoms with Crippen LogP contribution in [0.15, 0.2) is 12.1 Å². The first-order valence-electron chi connectivity index (χ1n) is 6.51. The van der Waals surface area contributed by atoms with Crippen LogP contribution < -0.4 is 16.6 Å². The Morgan fingerprint density at radius 1 is 1.24 bits per heavy atom. The zero-order valence-electron chi connectivity index (χ0n) is 12.3. The standard InChI is InChI=1S/C13H21F3N4O/c1-12(2,3)9(4-5-21)18-10-6-8(13(14,15)16)7-11(19-10)20-17/h6-7,9,21H,4-5,17H2,1-3H3,(H2,18,19,20). The molecular weight excluding hydrogens is 285 g/mol. The van der Waals surface area contributed by atoms with Crippen molar-refractivity contribution in [1.82, 2.24) is 4.98 Å². The first-order valence-corrected chi connectivity index (χ1v) is 6.51. The summed E-state index contributed by atoms with van der Waals surface area (Å²) in [6.45, 7) is 5.71. The summed E-state index contributed by atoms with van der Waals surface area (Å²) in [5.41, 5.74) is 1.03. The van der Waals surface area contributed by atoms with Gasteiger partial charge in [0.05, 0.1) is 5.56 Å². The molecule has 1 rings (SSSR count). The van der Waals surface area contributed by atoms with Gasteiger partial charge in [-0.1, -0.05) is 20.8 Å². The second kappa shape index (κ2) is 6.48. The molecule has 0 aliphatic carbocycles. The van der Waals surface area contributed by atoms with E-state index >= 15 is 0 Å². The van der Waals surface area contributed by atoms with Gasteiger partial charge in [0.15, 0.2) is 0 Å². The molecule has 1 aromatic heterocycles. The van der Waals surface area contributed by atoms with E-state index in [4.69, 9.17) is 10.9 Å². The van der Waals surface area contributed by atoms with Crippen LogP contribution >= 0.6 is 0 Å². The molecule has 0 saturated heterocycles. The van der Waals surface area contributed by atoms with Crippen molar-refractivity contribution in [1.29, 1.82) is 0 Å². The number of aromatic nitrogens is 1. The molecule has 0 fully saturated rings. The number of nitrogens with zero attached hydrogens (tertiary/aromatic N) is 1. The highest BCUT2D eigenvalue weighted by Crippen LogP contribution is 2.33. The second-order valence-corrected chi connectivity index (χ2v) is 5.84. The van der Waals surface area contributed by atoms with Crippen LogP contribution in [0.2, 0.25) is 0 Å². The van der Waals surface area contributed by atoms with Gasteiger partial charge < -0.3 is 15.8 Å². The fourth-order valence-electron chi connectivity index (χ4n) is 1.87. The topological polar surface area (TPSA) is 83.2 Å². The maximum atomic E-state index is 12.8. The monoisotopic (exact) mass is 306 g/mol. The summed E-state index contributed by atoms with van der Waals surface area (Å²) in [6, 6.07) is 1.53. The maximum Gasteiger partial charge on any atom is 0.416 e. The summed E-state index contributed by atoms with van der Waals surface area (Å²) in [7, 11) is 0. The Labute approximate surface area is 121 Å². The van der Waals surface area contributed by atoms with Crippen LogP contribution in [0.5, 0.6) is 0 Å². The van der Waals surface area contributed by atoms with Crippen molar-refractivity contribution in [3.8, 4) is 0 Å². The number of halogens is 3. The molecule has 0 spiro atoms. The number of aliphatic hydroxyl groups excluding tert-OH is 1. The van der Waals surface area contributed by atoms with Gasteiger partial charge in [-0.2, -0.15) is 13.2 Å². The van der Waals surface area contributed by atoms with E-state index in [2.05, 4.69) is 15.7 Å². The number of hydrazine groups is 1. The minimum atomic E-state index is -4.49. The van der Waals surface area contributed by atoms with Crippen molar-refractivity contribution in [3.05, 3.63) is 17.7 Å². The number of nitrogens with two attached hydrogens (primary N) is 1. The summed E-state index contributed by atoms with van der Waals surface area (Å²) in [4.78, 5) is 3.97. The molecule has 0 aliphatic heterocycles. The van der Waals surface area contributed by atoms with Crippen LogP contribution in [0.25, 0.3) is 0 Å². The summed E-state index contributed by atoms with van der Waals surface area (Å²) in [5, 5.41) is 12.0. The zero-order chi connectivity index (χ0) is 16.3. The van der Waals surface area contributed by atoms with Crippen molar-refractivity contribution in [2.24, 2.45) is 11.3 Å². The molecule has 5 nitrogen and oxygen atoms in total. The van der Waals surface area contributed by atoms with Crippen molar-refractivity contribution >= 4 is 11.6 Å². The third-order valence-electron chi connectivity index (χ3n) is 3.09. The highest BCUT2D eigenvalue weighted by molar-refractivity contribution is 5.49. The molecule has 0 radical (unpaired) electrons. The molecule has 1 unspecified atom stereocenters. The predicted octanol–water partition coefficient (Wildman–Crippen LogP) is 2.59. The molecule has 0 bridgehead atoms. The first-order chi connectivity index (χ1) is 9.57. The smallest absolute Gasteiger partial charge is 0.396 e. The van der Waals surface area contributed by atoms with E-state index < -0.39 is 11.7 Å². The number of nitrogens with one attached hydrogen (secondary N) is 2. The van der Waals surface area contributed by atoms with E-state index in [0.717, 1.165) is 12.1 Å². The molecule has 0 aliphatic rings. The molecule has 120 valence electrons. The van der Waals surface area contributed by atoms with Gasteiger partial charge in [-0.25, -0.2) is 10.8 Å². The van der Waals surface area contributed by atoms with Gasteiger partial charge >= 0.3 is 6.18 Å². The number of alkyl halides is 3. The molecule has 0 saturated carbocycles. The third kappa shape index (κ3) is 5.05. The molecule has 0 amide bonds. The van der Waals surface area contributed by atoms with Crippen LogP contribution in [0.3, 0.4) is 0 Å². The van der Waals surface area contributed by atoms with Crippen molar-refractivity contribution < 1.29 is 18.3 Å². The Balaban J connectivity index is 3.11. The van der Waals surface area contributed by atoms with Crippen molar-refractivity contribution in [2.75, 3.05) is 17.3 Å². The molecule has 1 heterocycles. The van der Waals surface area contributed by atoms with Crippen molar-refractivity contribution in [2.45, 2.75) is 39.4 Å². The lowest BCUT2D eigenvalue weighted by Crippen LogP contribution is -2.35. The lowest BCUT2D eigenvalue weighted by Gasteiger charge is -2.31. The van der Waals surface area contributed by atoms with E-state index in [1.165, 1.54) is 0 Å². The summed E-state index contributed by atoms with van der Waals surface area (Å²) in [5.74, 6) is 5.14. The number of hydrogen-bond acceptors (Lipinski definition) is 5. The van der Waals surface area contributed by atoms with E-state index in [1.807, 2.05) is 20.8 Å². The number of aliphatic hydroxyl groups is 1. The number of anilines is 2. The third-order valence-corrected chi connectivity index (χ3v) is 3.09. The zero-order valence-corrected chi connectivity index (χ0v) is 12.3. The molecule has 0 aromatic carbocycles. The van der Waals surface area contributed by atoms with E-state index in [1.54, 1.807) is 0 Å². The summed E-state index contributed by atoms with van der Waals surface area (Å²) in [6.07, 6.45) is -4.09. The maximum absolute atomic E-state index is 12.8. The highest BCUT2D eigenvalue weighted by atomic mass is 19.4. The van der Waals surface area contributed by atoms with E-state index in [9.17, 15) is 13.2 Å². The van der Waals surface area contributed by atoms with Gasteiger partial charge in [0.1, 0.15) is 11.6 Å². The fraction of sp³-hybridized carbons (Fsp3) is 0.615. The van der Waals surface area contributed by atoms with Crippen LogP contribution in [-0.4, -0.2) is 22.7 Å². The largest absolute Gasteiger partial charge is 0.416 e. The SMILES string of the molecule is CC(C)(C)C(CCO)Nc1cc(C(F)(F)F)cc(NN)n1. The average Bonchev–Trinajstić information content (AvgIpc) is 2.35. The quantitative estimate of drug-likeness (QED) is 0.496. The lowest BCUT2D eigenvalue weighted by atomic mass is 9.85. The van der Waals surface area contributed by atoms with Crippen LogP contribution in [0, 0.1) is 5.41 Å². The number of hydrogen-bond donors (Lipinski definition) is 4. The summed E-state index contributed by atoms with van der Waals surface area (Å²) >= 11 is 0. The van der Waals surface area contributed by atoms with Crippen molar-refractivity contribution in [3.63, 3.8) is 0 Å². The highest BCUT2D eigenvalue weighted by Gasteiger charge is 2.32. The Bertz CT molecular complexity index is 471.